The summed E-state index contributed by atoms with van der Waals surface area (Å²) in [6.07, 6.45) is 2.18. The van der Waals surface area contributed by atoms with E-state index in [2.05, 4.69) is 27.4 Å². The largest absolute Gasteiger partial charge is 0.381 e. The van der Waals surface area contributed by atoms with Crippen LogP contribution >= 0.6 is 0 Å². The quantitative estimate of drug-likeness (QED) is 0.681. The molecule has 2 heterocycles. The second-order valence-electron chi connectivity index (χ2n) is 3.93. The van der Waals surface area contributed by atoms with E-state index in [0.717, 1.165) is 26.1 Å². The molecule has 0 bridgehead atoms. The molecule has 1 unspecified atom stereocenters. The summed E-state index contributed by atoms with van der Waals surface area (Å²) >= 11 is 0. The van der Waals surface area contributed by atoms with Crippen LogP contribution in [0.3, 0.4) is 0 Å². The van der Waals surface area contributed by atoms with Gasteiger partial charge in [0, 0.05) is 19.3 Å². The predicted molar refractivity (Wildman–Crippen MR) is 57.4 cm³/mol. The minimum absolute atomic E-state index is 0.344. The van der Waals surface area contributed by atoms with Crippen LogP contribution in [0.25, 0.3) is 0 Å². The summed E-state index contributed by atoms with van der Waals surface area (Å²) in [5.41, 5.74) is 5.44. The molecule has 4 N–H and O–H groups in total. The minimum Gasteiger partial charge on any atom is -0.381 e. The molecular weight excluding hydrogens is 194 g/mol. The van der Waals surface area contributed by atoms with Gasteiger partial charge >= 0.3 is 0 Å². The Kier molecular flexibility index (Phi) is 3.05. The lowest BCUT2D eigenvalue weighted by molar-refractivity contribution is 0.0622. The van der Waals surface area contributed by atoms with Crippen molar-refractivity contribution in [2.45, 2.75) is 25.8 Å². The third kappa shape index (κ3) is 2.59. The van der Waals surface area contributed by atoms with Gasteiger partial charge in [0.25, 0.3) is 0 Å². The lowest BCUT2D eigenvalue weighted by Crippen LogP contribution is -2.31. The molecule has 6 heteroatoms. The molecule has 1 aliphatic heterocycles. The number of ether oxygens (including phenoxy) is 1. The number of nitrogens with two attached hydrogens (primary N) is 1. The summed E-state index contributed by atoms with van der Waals surface area (Å²) in [5.74, 6) is 1.54. The van der Waals surface area contributed by atoms with Gasteiger partial charge in [0.05, 0.1) is 0 Å². The van der Waals surface area contributed by atoms with Gasteiger partial charge < -0.3 is 15.8 Å². The fraction of sp³-hybridized carbons (Fsp3) is 0.778. The number of aromatic nitrogens is 3. The van der Waals surface area contributed by atoms with Crippen molar-refractivity contribution in [3.05, 3.63) is 0 Å². The molecule has 15 heavy (non-hydrogen) atoms. The third-order valence-corrected chi connectivity index (χ3v) is 2.83. The van der Waals surface area contributed by atoms with E-state index < -0.39 is 0 Å². The van der Waals surface area contributed by atoms with Crippen molar-refractivity contribution in [1.82, 2.24) is 15.2 Å². The first kappa shape index (κ1) is 10.2. The molecule has 1 aromatic rings. The molecule has 0 amide bonds. The Labute approximate surface area is 88.6 Å². The van der Waals surface area contributed by atoms with Crippen LogP contribution in [0.4, 0.5) is 11.9 Å². The van der Waals surface area contributed by atoms with Crippen LogP contribution in [-0.4, -0.2) is 34.4 Å². The molecule has 1 atom stereocenters. The molecule has 0 aliphatic carbocycles. The number of H-pyrrole nitrogens is 1. The van der Waals surface area contributed by atoms with Crippen molar-refractivity contribution in [1.29, 1.82) is 0 Å². The van der Waals surface area contributed by atoms with E-state index in [-0.39, 0.29) is 0 Å². The Morgan fingerprint density at radius 1 is 1.53 bits per heavy atom. The van der Waals surface area contributed by atoms with E-state index in [4.69, 9.17) is 10.5 Å². The number of anilines is 2. The van der Waals surface area contributed by atoms with Gasteiger partial charge in [-0.05, 0) is 25.7 Å². The molecule has 0 spiro atoms. The van der Waals surface area contributed by atoms with E-state index in [9.17, 15) is 0 Å². The van der Waals surface area contributed by atoms with Gasteiger partial charge in [-0.15, -0.1) is 5.10 Å². The average Bonchev–Trinajstić information content (AvgIpc) is 2.65. The Morgan fingerprint density at radius 3 is 2.87 bits per heavy atom. The fourth-order valence-corrected chi connectivity index (χ4v) is 1.88. The molecule has 1 saturated heterocycles. The topological polar surface area (TPSA) is 88.9 Å². The Hall–Kier alpha value is -1.30. The van der Waals surface area contributed by atoms with Gasteiger partial charge in [-0.2, -0.15) is 4.98 Å². The maximum Gasteiger partial charge on any atom is 0.243 e. The van der Waals surface area contributed by atoms with E-state index in [1.807, 2.05) is 0 Å². The highest BCUT2D eigenvalue weighted by molar-refractivity contribution is 5.30. The number of hydrogen-bond acceptors (Lipinski definition) is 5. The third-order valence-electron chi connectivity index (χ3n) is 2.83. The van der Waals surface area contributed by atoms with Crippen molar-refractivity contribution in [3.8, 4) is 0 Å². The van der Waals surface area contributed by atoms with Gasteiger partial charge in [-0.3, -0.25) is 0 Å². The molecule has 2 rings (SSSR count). The van der Waals surface area contributed by atoms with Gasteiger partial charge in [-0.25, -0.2) is 5.10 Å². The zero-order valence-corrected chi connectivity index (χ0v) is 8.86. The average molecular weight is 211 g/mol. The summed E-state index contributed by atoms with van der Waals surface area (Å²) in [4.78, 5) is 4.01. The first-order valence-corrected chi connectivity index (χ1v) is 5.28. The molecule has 1 aliphatic rings. The Morgan fingerprint density at radius 2 is 2.27 bits per heavy atom. The molecule has 0 radical (unpaired) electrons. The number of hydrogen-bond donors (Lipinski definition) is 3. The fourth-order valence-electron chi connectivity index (χ4n) is 1.88. The monoisotopic (exact) mass is 211 g/mol. The summed E-state index contributed by atoms with van der Waals surface area (Å²) < 4.78 is 5.32. The number of nitrogens with one attached hydrogen (secondary N) is 2. The van der Waals surface area contributed by atoms with Crippen LogP contribution in [0, 0.1) is 5.92 Å². The molecular formula is C9H17N5O. The number of nitrogen functional groups attached to an aromatic ring is 1. The van der Waals surface area contributed by atoms with Crippen LogP contribution in [0.1, 0.15) is 19.8 Å². The Bertz CT molecular complexity index is 307. The molecule has 84 valence electrons. The standard InChI is InChI=1S/C9H17N5O/c1-6(7-2-4-15-5-3-7)11-9-12-8(10)13-14-9/h6-7H,2-5H2,1H3,(H4,10,11,12,13,14). The highest BCUT2D eigenvalue weighted by atomic mass is 16.5. The van der Waals surface area contributed by atoms with E-state index in [1.54, 1.807) is 0 Å². The predicted octanol–water partition coefficient (Wildman–Crippen LogP) is 0.614. The van der Waals surface area contributed by atoms with E-state index >= 15 is 0 Å². The number of rotatable bonds is 3. The SMILES string of the molecule is CC(Nc1n[nH]c(N)n1)C1CCOCC1. The molecule has 1 aromatic heterocycles. The van der Waals surface area contributed by atoms with Gasteiger partial charge in [0.15, 0.2) is 0 Å². The molecule has 0 aromatic carbocycles. The lowest BCUT2D eigenvalue weighted by atomic mass is 9.93. The van der Waals surface area contributed by atoms with Crippen molar-refractivity contribution >= 4 is 11.9 Å². The smallest absolute Gasteiger partial charge is 0.243 e. The van der Waals surface area contributed by atoms with Crippen LogP contribution in [0.15, 0.2) is 0 Å². The Balaban J connectivity index is 1.88. The van der Waals surface area contributed by atoms with Gasteiger partial charge in [0.1, 0.15) is 0 Å². The summed E-state index contributed by atoms with van der Waals surface area (Å²) in [6, 6.07) is 0.351. The molecule has 1 fully saturated rings. The second kappa shape index (κ2) is 4.48. The summed E-state index contributed by atoms with van der Waals surface area (Å²) in [7, 11) is 0. The van der Waals surface area contributed by atoms with Crippen LogP contribution in [0.2, 0.25) is 0 Å². The minimum atomic E-state index is 0.344. The van der Waals surface area contributed by atoms with Crippen molar-refractivity contribution < 1.29 is 4.74 Å². The highest BCUT2D eigenvalue weighted by Crippen LogP contribution is 2.20. The second-order valence-corrected chi connectivity index (χ2v) is 3.93. The van der Waals surface area contributed by atoms with Crippen molar-refractivity contribution in [3.63, 3.8) is 0 Å². The van der Waals surface area contributed by atoms with E-state index in [0.29, 0.717) is 23.9 Å². The van der Waals surface area contributed by atoms with Crippen LogP contribution < -0.4 is 11.1 Å². The van der Waals surface area contributed by atoms with Gasteiger partial charge in [-0.1, -0.05) is 0 Å². The van der Waals surface area contributed by atoms with Crippen molar-refractivity contribution in [2.24, 2.45) is 5.92 Å². The van der Waals surface area contributed by atoms with Crippen LogP contribution in [-0.2, 0) is 4.74 Å². The number of nitrogens with zero attached hydrogens (tertiary/aromatic N) is 2. The summed E-state index contributed by atoms with van der Waals surface area (Å²) in [6.45, 7) is 3.85. The lowest BCUT2D eigenvalue weighted by Gasteiger charge is -2.27. The zero-order chi connectivity index (χ0) is 10.7. The molecule has 6 nitrogen and oxygen atoms in total. The summed E-state index contributed by atoms with van der Waals surface area (Å²) in [5, 5.41) is 9.80. The molecule has 0 saturated carbocycles. The van der Waals surface area contributed by atoms with Crippen LogP contribution in [0.5, 0.6) is 0 Å². The first-order valence-electron chi connectivity index (χ1n) is 5.28. The normalized spacial score (nSPS) is 20.1. The first-order chi connectivity index (χ1) is 7.25. The maximum atomic E-state index is 5.44. The highest BCUT2D eigenvalue weighted by Gasteiger charge is 2.21. The maximum absolute atomic E-state index is 5.44. The number of aromatic amines is 1. The van der Waals surface area contributed by atoms with Crippen molar-refractivity contribution in [2.75, 3.05) is 24.3 Å². The van der Waals surface area contributed by atoms with Gasteiger partial charge in [0.2, 0.25) is 11.9 Å². The van der Waals surface area contributed by atoms with E-state index in [1.165, 1.54) is 0 Å². The zero-order valence-electron chi connectivity index (χ0n) is 8.86.